The summed E-state index contributed by atoms with van der Waals surface area (Å²) < 4.78 is 30.6. The molecule has 7 heteroatoms. The van der Waals surface area contributed by atoms with E-state index in [4.69, 9.17) is 4.74 Å². The van der Waals surface area contributed by atoms with Crippen LogP contribution in [0.5, 0.6) is 5.75 Å². The first kappa shape index (κ1) is 17.0. The summed E-state index contributed by atoms with van der Waals surface area (Å²) >= 11 is 0. The highest BCUT2D eigenvalue weighted by Gasteiger charge is 2.22. The van der Waals surface area contributed by atoms with Crippen molar-refractivity contribution in [2.24, 2.45) is 5.92 Å². The molecule has 2 aromatic rings. The second kappa shape index (κ2) is 6.94. The van der Waals surface area contributed by atoms with Crippen molar-refractivity contribution in [3.05, 3.63) is 30.5 Å². The minimum Gasteiger partial charge on any atom is -0.497 e. The maximum absolute atomic E-state index is 11.3. The van der Waals surface area contributed by atoms with Crippen molar-refractivity contribution in [2.75, 3.05) is 37.9 Å². The number of ether oxygens (including phenoxy) is 1. The first-order valence-corrected chi connectivity index (χ1v) is 9.98. The van der Waals surface area contributed by atoms with Crippen LogP contribution >= 0.6 is 0 Å². The van der Waals surface area contributed by atoms with E-state index in [1.807, 2.05) is 30.5 Å². The number of nitrogens with zero attached hydrogens (tertiary/aromatic N) is 2. The Labute approximate surface area is 142 Å². The van der Waals surface area contributed by atoms with Crippen LogP contribution in [0.25, 0.3) is 10.9 Å². The Morgan fingerprint density at radius 2 is 2.21 bits per heavy atom. The van der Waals surface area contributed by atoms with Gasteiger partial charge in [-0.15, -0.1) is 0 Å². The van der Waals surface area contributed by atoms with E-state index in [0.717, 1.165) is 48.3 Å². The number of methoxy groups -OCH3 is 1. The zero-order valence-corrected chi connectivity index (χ0v) is 14.8. The molecule has 1 aliphatic heterocycles. The molecule has 0 spiro atoms. The number of fused-ring (bicyclic) bond motifs is 1. The summed E-state index contributed by atoms with van der Waals surface area (Å²) in [6.07, 6.45) is 5.11. The molecule has 2 heterocycles. The van der Waals surface area contributed by atoms with Crippen LogP contribution in [0.15, 0.2) is 30.5 Å². The SMILES string of the molecule is COc1ccc2nccc(N3CCCC(CNS(C)(=O)=O)C3)c2c1. The van der Waals surface area contributed by atoms with Gasteiger partial charge < -0.3 is 9.64 Å². The van der Waals surface area contributed by atoms with Gasteiger partial charge in [-0.05, 0) is 43.0 Å². The van der Waals surface area contributed by atoms with Crippen molar-refractivity contribution in [1.29, 1.82) is 0 Å². The van der Waals surface area contributed by atoms with E-state index >= 15 is 0 Å². The van der Waals surface area contributed by atoms with Gasteiger partial charge in [-0.25, -0.2) is 13.1 Å². The third-order valence-electron chi connectivity index (χ3n) is 4.42. The van der Waals surface area contributed by atoms with Crippen LogP contribution in [-0.2, 0) is 10.0 Å². The number of piperidine rings is 1. The molecule has 0 saturated carbocycles. The molecule has 1 N–H and O–H groups in total. The second-order valence-electron chi connectivity index (χ2n) is 6.29. The van der Waals surface area contributed by atoms with Gasteiger partial charge in [0.2, 0.25) is 10.0 Å². The molecule has 1 aromatic carbocycles. The monoisotopic (exact) mass is 349 g/mol. The van der Waals surface area contributed by atoms with Crippen molar-refractivity contribution in [2.45, 2.75) is 12.8 Å². The van der Waals surface area contributed by atoms with Crippen molar-refractivity contribution in [1.82, 2.24) is 9.71 Å². The molecule has 0 bridgehead atoms. The Morgan fingerprint density at radius 3 is 2.96 bits per heavy atom. The molecule has 24 heavy (non-hydrogen) atoms. The van der Waals surface area contributed by atoms with Crippen molar-refractivity contribution < 1.29 is 13.2 Å². The Morgan fingerprint density at radius 1 is 1.38 bits per heavy atom. The number of rotatable bonds is 5. The topological polar surface area (TPSA) is 71.5 Å². The van der Waals surface area contributed by atoms with Gasteiger partial charge in [0.05, 0.1) is 18.9 Å². The Balaban J connectivity index is 1.84. The highest BCUT2D eigenvalue weighted by Crippen LogP contribution is 2.31. The molecule has 130 valence electrons. The molecule has 1 fully saturated rings. The first-order chi connectivity index (χ1) is 11.5. The maximum atomic E-state index is 11.3. The zero-order valence-electron chi connectivity index (χ0n) is 14.0. The van der Waals surface area contributed by atoms with E-state index in [2.05, 4.69) is 14.6 Å². The fourth-order valence-electron chi connectivity index (χ4n) is 3.23. The first-order valence-electron chi connectivity index (χ1n) is 8.08. The van der Waals surface area contributed by atoms with Crippen molar-refractivity contribution in [3.8, 4) is 5.75 Å². The third kappa shape index (κ3) is 3.96. The molecule has 1 aromatic heterocycles. The van der Waals surface area contributed by atoms with E-state index in [1.165, 1.54) is 6.26 Å². The average Bonchev–Trinajstić information content (AvgIpc) is 2.58. The summed E-state index contributed by atoms with van der Waals surface area (Å²) in [5.41, 5.74) is 2.06. The third-order valence-corrected chi connectivity index (χ3v) is 5.11. The fourth-order valence-corrected chi connectivity index (χ4v) is 3.77. The van der Waals surface area contributed by atoms with Gasteiger partial charge in [-0.3, -0.25) is 4.98 Å². The lowest BCUT2D eigenvalue weighted by molar-refractivity contribution is 0.411. The average molecular weight is 349 g/mol. The van der Waals surface area contributed by atoms with Gasteiger partial charge in [0.1, 0.15) is 5.75 Å². The minimum absolute atomic E-state index is 0.308. The largest absolute Gasteiger partial charge is 0.497 e. The predicted molar refractivity (Wildman–Crippen MR) is 96.1 cm³/mol. The second-order valence-corrected chi connectivity index (χ2v) is 8.12. The Bertz CT molecular complexity index is 823. The lowest BCUT2D eigenvalue weighted by atomic mass is 9.97. The summed E-state index contributed by atoms with van der Waals surface area (Å²) in [5.74, 6) is 1.12. The number of nitrogens with one attached hydrogen (secondary N) is 1. The molecule has 6 nitrogen and oxygen atoms in total. The van der Waals surface area contributed by atoms with Crippen LogP contribution in [0.2, 0.25) is 0 Å². The van der Waals surface area contributed by atoms with Crippen LogP contribution in [0.3, 0.4) is 0 Å². The number of pyridine rings is 1. The Hall–Kier alpha value is -1.86. The smallest absolute Gasteiger partial charge is 0.208 e. The van der Waals surface area contributed by atoms with E-state index in [9.17, 15) is 8.42 Å². The van der Waals surface area contributed by atoms with Crippen LogP contribution < -0.4 is 14.4 Å². The van der Waals surface area contributed by atoms with Gasteiger partial charge in [-0.2, -0.15) is 0 Å². The molecule has 0 aliphatic carbocycles. The summed E-state index contributed by atoms with van der Waals surface area (Å²) in [7, 11) is -1.49. The molecular weight excluding hydrogens is 326 g/mol. The molecule has 1 atom stereocenters. The van der Waals surface area contributed by atoms with Crippen LogP contribution in [-0.4, -0.2) is 46.4 Å². The number of aromatic nitrogens is 1. The van der Waals surface area contributed by atoms with Gasteiger partial charge in [0, 0.05) is 36.9 Å². The molecule has 3 rings (SSSR count). The lowest BCUT2D eigenvalue weighted by Crippen LogP contribution is -2.40. The van der Waals surface area contributed by atoms with Crippen LogP contribution in [0.4, 0.5) is 5.69 Å². The van der Waals surface area contributed by atoms with Gasteiger partial charge in [-0.1, -0.05) is 0 Å². The lowest BCUT2D eigenvalue weighted by Gasteiger charge is -2.35. The predicted octanol–water partition coefficient (Wildman–Crippen LogP) is 2.01. The number of hydrogen-bond acceptors (Lipinski definition) is 5. The maximum Gasteiger partial charge on any atom is 0.208 e. The molecular formula is C17H23N3O3S. The van der Waals surface area contributed by atoms with Crippen LogP contribution in [0.1, 0.15) is 12.8 Å². The summed E-state index contributed by atoms with van der Waals surface area (Å²) in [6.45, 7) is 2.28. The highest BCUT2D eigenvalue weighted by molar-refractivity contribution is 7.88. The number of anilines is 1. The van der Waals surface area contributed by atoms with Crippen molar-refractivity contribution in [3.63, 3.8) is 0 Å². The summed E-state index contributed by atoms with van der Waals surface area (Å²) in [4.78, 5) is 6.75. The highest BCUT2D eigenvalue weighted by atomic mass is 32.2. The van der Waals surface area contributed by atoms with E-state index in [0.29, 0.717) is 12.5 Å². The quantitative estimate of drug-likeness (QED) is 0.894. The summed E-state index contributed by atoms with van der Waals surface area (Å²) in [5, 5.41) is 1.06. The van der Waals surface area contributed by atoms with Crippen molar-refractivity contribution >= 4 is 26.6 Å². The molecule has 0 radical (unpaired) electrons. The molecule has 0 amide bonds. The number of hydrogen-bond donors (Lipinski definition) is 1. The summed E-state index contributed by atoms with van der Waals surface area (Å²) in [6, 6.07) is 7.91. The Kier molecular flexibility index (Phi) is 4.91. The normalized spacial score (nSPS) is 18.8. The molecule has 1 unspecified atom stereocenters. The van der Waals surface area contributed by atoms with E-state index in [-0.39, 0.29) is 0 Å². The van der Waals surface area contributed by atoms with E-state index < -0.39 is 10.0 Å². The molecule has 1 aliphatic rings. The van der Waals surface area contributed by atoms with Gasteiger partial charge in [0.25, 0.3) is 0 Å². The fraction of sp³-hybridized carbons (Fsp3) is 0.471. The minimum atomic E-state index is -3.14. The van der Waals surface area contributed by atoms with Gasteiger partial charge in [0.15, 0.2) is 0 Å². The van der Waals surface area contributed by atoms with Crippen LogP contribution in [0, 0.1) is 5.92 Å². The standard InChI is InChI=1S/C17H23N3O3S/c1-23-14-5-6-16-15(10-14)17(7-8-18-16)20-9-3-4-13(12-20)11-19-24(2,21)22/h5-8,10,13,19H,3-4,9,11-12H2,1-2H3. The zero-order chi connectivity index (χ0) is 17.2. The molecule has 1 saturated heterocycles. The van der Waals surface area contributed by atoms with Gasteiger partial charge >= 0.3 is 0 Å². The van der Waals surface area contributed by atoms with E-state index in [1.54, 1.807) is 7.11 Å². The number of sulfonamides is 1. The number of benzene rings is 1.